The molecule has 1 nitrogen and oxygen atoms in total. The highest BCUT2D eigenvalue weighted by Gasteiger charge is 2.05. The maximum absolute atomic E-state index is 12.0. The van der Waals surface area contributed by atoms with Gasteiger partial charge in [-0.2, -0.15) is 0 Å². The van der Waals surface area contributed by atoms with E-state index >= 15 is 0 Å². The number of rotatable bonds is 2. The fourth-order valence-electron chi connectivity index (χ4n) is 1.28. The molecule has 3 heteroatoms. The van der Waals surface area contributed by atoms with Crippen molar-refractivity contribution in [3.8, 4) is 0 Å². The van der Waals surface area contributed by atoms with Crippen LogP contribution >= 0.6 is 7.80 Å². The van der Waals surface area contributed by atoms with Crippen molar-refractivity contribution in [2.24, 2.45) is 0 Å². The largest absolute Gasteiger partial charge is 0.277 e. The van der Waals surface area contributed by atoms with Crippen LogP contribution in [0.4, 0.5) is 0 Å². The van der Waals surface area contributed by atoms with Crippen LogP contribution < -0.4 is 10.6 Å². The summed E-state index contributed by atoms with van der Waals surface area (Å²) < 4.78 is 12.0. The maximum Gasteiger partial charge on any atom is 0.136 e. The standard InChI is InChI=1S/C12H10OP.H4Si/c13-14(11-7-3-1-4-8-11)12-9-5-2-6-10-12;/h1-10H;1H4. The maximum atomic E-state index is 12.0. The van der Waals surface area contributed by atoms with Gasteiger partial charge in [0.05, 0.1) is 0 Å². The van der Waals surface area contributed by atoms with E-state index in [4.69, 9.17) is 0 Å². The zero-order valence-electron chi connectivity index (χ0n) is 7.63. The fourth-order valence-corrected chi connectivity index (χ4v) is 2.46. The summed E-state index contributed by atoms with van der Waals surface area (Å²) in [4.78, 5) is 0. The molecule has 15 heavy (non-hydrogen) atoms. The Kier molecular flexibility index (Phi) is 4.41. The average Bonchev–Trinajstić information content (AvgIpc) is 2.30. The predicted molar refractivity (Wildman–Crippen MR) is 71.1 cm³/mol. The Hall–Kier alpha value is -1.24. The van der Waals surface area contributed by atoms with Gasteiger partial charge in [0.25, 0.3) is 0 Å². The van der Waals surface area contributed by atoms with Crippen molar-refractivity contribution in [2.75, 3.05) is 0 Å². The Bertz CT molecular complexity index is 386. The Morgan fingerprint density at radius 2 is 1.00 bits per heavy atom. The molecule has 2 aromatic rings. The number of benzene rings is 2. The van der Waals surface area contributed by atoms with Gasteiger partial charge in [0.1, 0.15) is 7.80 Å². The van der Waals surface area contributed by atoms with Gasteiger partial charge < -0.3 is 0 Å². The van der Waals surface area contributed by atoms with Crippen LogP contribution in [0.5, 0.6) is 0 Å². The quantitative estimate of drug-likeness (QED) is 0.559. The molecule has 0 fully saturated rings. The van der Waals surface area contributed by atoms with E-state index in [1.165, 1.54) is 0 Å². The molecule has 0 aliphatic carbocycles. The van der Waals surface area contributed by atoms with Gasteiger partial charge in [-0.25, -0.2) is 0 Å². The summed E-state index contributed by atoms with van der Waals surface area (Å²) >= 11 is 0. The normalized spacial score (nSPS) is 9.07. The van der Waals surface area contributed by atoms with Crippen LogP contribution in [0.3, 0.4) is 0 Å². The second-order valence-electron chi connectivity index (χ2n) is 2.97. The minimum absolute atomic E-state index is 0. The van der Waals surface area contributed by atoms with Gasteiger partial charge in [-0.1, -0.05) is 36.4 Å². The van der Waals surface area contributed by atoms with Crippen LogP contribution in [-0.4, -0.2) is 11.0 Å². The molecule has 0 aromatic heterocycles. The Morgan fingerprint density at radius 1 is 0.667 bits per heavy atom. The van der Waals surface area contributed by atoms with Crippen LogP contribution in [0.15, 0.2) is 60.7 Å². The van der Waals surface area contributed by atoms with E-state index < -0.39 is 7.80 Å². The summed E-state index contributed by atoms with van der Waals surface area (Å²) in [7, 11) is -1.42. The second kappa shape index (κ2) is 5.59. The molecule has 0 N–H and O–H groups in total. The highest BCUT2D eigenvalue weighted by Crippen LogP contribution is 2.18. The van der Waals surface area contributed by atoms with Crippen LogP contribution in [0.1, 0.15) is 0 Å². The van der Waals surface area contributed by atoms with Gasteiger partial charge in [-0.05, 0) is 35.2 Å². The Balaban J connectivity index is 0.00000112. The monoisotopic (exact) mass is 233 g/mol. The van der Waals surface area contributed by atoms with E-state index in [1.807, 2.05) is 60.7 Å². The van der Waals surface area contributed by atoms with Crippen LogP contribution in [0, 0.1) is 0 Å². The minimum atomic E-state index is -1.42. The van der Waals surface area contributed by atoms with E-state index in [-0.39, 0.29) is 11.0 Å². The molecule has 0 saturated heterocycles. The summed E-state index contributed by atoms with van der Waals surface area (Å²) in [5.41, 5.74) is 0. The van der Waals surface area contributed by atoms with Crippen molar-refractivity contribution >= 4 is 29.4 Å². The summed E-state index contributed by atoms with van der Waals surface area (Å²) in [6.07, 6.45) is 0. The third-order valence-electron chi connectivity index (χ3n) is 1.98. The zero-order chi connectivity index (χ0) is 9.80. The van der Waals surface area contributed by atoms with Crippen molar-refractivity contribution < 1.29 is 4.57 Å². The van der Waals surface area contributed by atoms with Crippen molar-refractivity contribution in [1.29, 1.82) is 0 Å². The third kappa shape index (κ3) is 2.85. The predicted octanol–water partition coefficient (Wildman–Crippen LogP) is 1.01. The summed E-state index contributed by atoms with van der Waals surface area (Å²) in [5.74, 6) is 0. The van der Waals surface area contributed by atoms with Crippen LogP contribution in [-0.2, 0) is 4.57 Å². The van der Waals surface area contributed by atoms with Crippen LogP contribution in [0.2, 0.25) is 0 Å². The molecule has 0 atom stereocenters. The van der Waals surface area contributed by atoms with E-state index in [2.05, 4.69) is 0 Å². The van der Waals surface area contributed by atoms with Crippen LogP contribution in [0.25, 0.3) is 0 Å². The molecule has 0 saturated carbocycles. The number of hydrogen-bond acceptors (Lipinski definition) is 1. The lowest BCUT2D eigenvalue weighted by Gasteiger charge is -1.99. The first kappa shape index (κ1) is 11.8. The van der Waals surface area contributed by atoms with E-state index in [0.29, 0.717) is 0 Å². The van der Waals surface area contributed by atoms with Crippen molar-refractivity contribution in [1.82, 2.24) is 0 Å². The van der Waals surface area contributed by atoms with Gasteiger partial charge >= 0.3 is 0 Å². The second-order valence-corrected chi connectivity index (χ2v) is 4.59. The fraction of sp³-hybridized carbons (Fsp3) is 0. The number of hydrogen-bond donors (Lipinski definition) is 0. The first-order chi connectivity index (χ1) is 6.88. The molecule has 0 bridgehead atoms. The van der Waals surface area contributed by atoms with Crippen molar-refractivity contribution in [3.63, 3.8) is 0 Å². The highest BCUT2D eigenvalue weighted by atomic mass is 31.1. The Morgan fingerprint density at radius 3 is 1.33 bits per heavy atom. The first-order valence-electron chi connectivity index (χ1n) is 4.45. The summed E-state index contributed by atoms with van der Waals surface area (Å²) in [5, 5.41) is 1.77. The molecule has 0 aliphatic rings. The lowest BCUT2D eigenvalue weighted by atomic mass is 10.4. The van der Waals surface area contributed by atoms with Gasteiger partial charge in [0.2, 0.25) is 0 Å². The van der Waals surface area contributed by atoms with E-state index in [9.17, 15) is 4.57 Å². The molecule has 2 aromatic carbocycles. The third-order valence-corrected chi connectivity index (χ3v) is 3.52. The molecule has 0 aliphatic heterocycles. The van der Waals surface area contributed by atoms with Gasteiger partial charge in [0, 0.05) is 10.6 Å². The average molecular weight is 233 g/mol. The first-order valence-corrected chi connectivity index (χ1v) is 5.71. The van der Waals surface area contributed by atoms with E-state index in [0.717, 1.165) is 10.6 Å². The SMILES string of the molecule is O=[P](c1ccccc1)c1ccccc1.[SiH4]. The van der Waals surface area contributed by atoms with E-state index in [1.54, 1.807) is 0 Å². The molecule has 77 valence electrons. The lowest BCUT2D eigenvalue weighted by Crippen LogP contribution is -2.04. The minimum Gasteiger partial charge on any atom is -0.277 e. The van der Waals surface area contributed by atoms with Crippen molar-refractivity contribution in [3.05, 3.63) is 60.7 Å². The molecule has 0 unspecified atom stereocenters. The molecule has 0 spiro atoms. The topological polar surface area (TPSA) is 17.1 Å². The molecule has 0 amide bonds. The molecular formula is C12H14OPSi. The summed E-state index contributed by atoms with van der Waals surface area (Å²) in [6.45, 7) is 0. The molecule has 0 heterocycles. The van der Waals surface area contributed by atoms with Crippen molar-refractivity contribution in [2.45, 2.75) is 0 Å². The van der Waals surface area contributed by atoms with Gasteiger partial charge in [-0.15, -0.1) is 0 Å². The Labute approximate surface area is 95.0 Å². The molecule has 1 radical (unpaired) electrons. The summed E-state index contributed by atoms with van der Waals surface area (Å²) in [6, 6.07) is 19.1. The smallest absolute Gasteiger partial charge is 0.136 e. The molecular weight excluding hydrogens is 219 g/mol. The highest BCUT2D eigenvalue weighted by molar-refractivity contribution is 7.61. The van der Waals surface area contributed by atoms with Gasteiger partial charge in [0.15, 0.2) is 0 Å². The van der Waals surface area contributed by atoms with Gasteiger partial charge in [-0.3, -0.25) is 4.57 Å². The lowest BCUT2D eigenvalue weighted by molar-refractivity contribution is 0.598. The zero-order valence-corrected chi connectivity index (χ0v) is 8.52. The molecule has 2 rings (SSSR count).